The fourth-order valence-corrected chi connectivity index (χ4v) is 4.45. The molecule has 1 aliphatic heterocycles. The summed E-state index contributed by atoms with van der Waals surface area (Å²) < 4.78 is 12.9. The Balaban J connectivity index is 1.34. The molecule has 3 heterocycles. The third kappa shape index (κ3) is 5.66. The molecule has 15 nitrogen and oxygen atoms in total. The minimum atomic E-state index is -1.34. The summed E-state index contributed by atoms with van der Waals surface area (Å²) in [7, 11) is 1.41. The van der Waals surface area contributed by atoms with Gasteiger partial charge in [0.1, 0.15) is 30.3 Å². The van der Waals surface area contributed by atoms with Gasteiger partial charge in [-0.1, -0.05) is 16.7 Å². The van der Waals surface area contributed by atoms with Gasteiger partial charge in [0.2, 0.25) is 5.91 Å². The first-order valence-corrected chi connectivity index (χ1v) is 12.5. The predicted octanol–water partition coefficient (Wildman–Crippen LogP) is 1.43. The molecule has 0 spiro atoms. The van der Waals surface area contributed by atoms with Crippen molar-refractivity contribution in [1.82, 2.24) is 30.2 Å². The smallest absolute Gasteiger partial charge is 0.258 e. The predicted molar refractivity (Wildman–Crippen MR) is 138 cm³/mol. The maximum atomic E-state index is 12.2. The number of aliphatic hydroxyl groups excluding tert-OH is 1. The minimum Gasteiger partial charge on any atom is -0.483 e. The SMILES string of the molecule is CNC(=O)[C@H]1O[C@@H](n2cnc3c(NCc4cc(Cl)ccc4OCC(=O)NC4CC4)ncnc32)[C@H](O)[C@@H]1N=[N+]=[N-]. The van der Waals surface area contributed by atoms with Crippen LogP contribution in [0.3, 0.4) is 0 Å². The number of halogens is 1. The topological polar surface area (TPSA) is 201 Å². The second kappa shape index (κ2) is 11.3. The van der Waals surface area contributed by atoms with Gasteiger partial charge in [0.25, 0.3) is 5.91 Å². The molecule has 0 radical (unpaired) electrons. The summed E-state index contributed by atoms with van der Waals surface area (Å²) in [4.78, 5) is 40.0. The fourth-order valence-electron chi connectivity index (χ4n) is 4.25. The zero-order chi connectivity index (χ0) is 27.5. The molecule has 3 aromatic rings. The summed E-state index contributed by atoms with van der Waals surface area (Å²) in [6.45, 7) is 0.115. The Bertz CT molecular complexity index is 1440. The van der Waals surface area contributed by atoms with Crippen molar-refractivity contribution in [3.05, 3.63) is 51.9 Å². The molecule has 204 valence electrons. The standard InChI is InChI=1S/C23H25ClN10O5/c1-26-22(37)19-16(32-33-25)18(36)23(39-19)34-10-30-17-20(28-9-29-21(17)34)27-7-11-6-12(24)2-5-14(11)38-8-15(35)31-13-3-4-13/h2,5-6,9-10,13,16,18-19,23,36H,3-4,7-8H2,1H3,(H,26,37)(H,31,35)(H,27,28,29)/t16-,18+,19-,23+/m0/s1. The van der Waals surface area contributed by atoms with Gasteiger partial charge in [0.05, 0.1) is 6.33 Å². The van der Waals surface area contributed by atoms with E-state index in [2.05, 4.69) is 40.9 Å². The molecule has 0 unspecified atom stereocenters. The number of nitrogens with one attached hydrogen (secondary N) is 3. The summed E-state index contributed by atoms with van der Waals surface area (Å²) >= 11 is 6.20. The van der Waals surface area contributed by atoms with Crippen LogP contribution in [0.25, 0.3) is 21.6 Å². The second-order valence-electron chi connectivity index (χ2n) is 9.03. The Hall–Kier alpha value is -4.17. The van der Waals surface area contributed by atoms with Gasteiger partial charge in [-0.3, -0.25) is 14.2 Å². The number of hydrogen-bond acceptors (Lipinski definition) is 10. The average molecular weight is 557 g/mol. The molecule has 4 N–H and O–H groups in total. The van der Waals surface area contributed by atoms with Crippen LogP contribution in [0.1, 0.15) is 24.6 Å². The van der Waals surface area contributed by atoms with Crippen LogP contribution in [-0.4, -0.2) is 74.4 Å². The first kappa shape index (κ1) is 26.4. The maximum absolute atomic E-state index is 12.2. The van der Waals surface area contributed by atoms with Gasteiger partial charge in [-0.15, -0.1) is 0 Å². The van der Waals surface area contributed by atoms with Crippen molar-refractivity contribution >= 4 is 40.4 Å². The number of aliphatic hydroxyl groups is 1. The normalized spacial score (nSPS) is 22.2. The minimum absolute atomic E-state index is 0.120. The van der Waals surface area contributed by atoms with E-state index in [1.165, 1.54) is 24.3 Å². The molecule has 39 heavy (non-hydrogen) atoms. The molecule has 2 amide bonds. The van der Waals surface area contributed by atoms with Gasteiger partial charge in [0.15, 0.2) is 29.8 Å². The van der Waals surface area contributed by atoms with E-state index in [-0.39, 0.29) is 25.1 Å². The highest BCUT2D eigenvalue weighted by atomic mass is 35.5. The number of imidazole rings is 1. The molecule has 1 saturated carbocycles. The van der Waals surface area contributed by atoms with E-state index in [1.54, 1.807) is 18.2 Å². The molecule has 2 aromatic heterocycles. The van der Waals surface area contributed by atoms with Crippen molar-refractivity contribution in [2.75, 3.05) is 19.0 Å². The zero-order valence-electron chi connectivity index (χ0n) is 20.7. The number of azide groups is 1. The first-order chi connectivity index (χ1) is 18.9. The van der Waals surface area contributed by atoms with Gasteiger partial charge >= 0.3 is 0 Å². The van der Waals surface area contributed by atoms with Gasteiger partial charge < -0.3 is 30.5 Å². The number of carbonyl (C=O) groups is 2. The van der Waals surface area contributed by atoms with Crippen molar-refractivity contribution in [2.45, 2.75) is 49.9 Å². The highest BCUT2D eigenvalue weighted by Gasteiger charge is 2.48. The Morgan fingerprint density at radius 2 is 2.15 bits per heavy atom. The van der Waals surface area contributed by atoms with Crippen LogP contribution in [0.4, 0.5) is 5.82 Å². The lowest BCUT2D eigenvalue weighted by Gasteiger charge is -2.17. The number of amides is 2. The quantitative estimate of drug-likeness (QED) is 0.162. The summed E-state index contributed by atoms with van der Waals surface area (Å²) in [6.07, 6.45) is 1.04. The van der Waals surface area contributed by atoms with Crippen LogP contribution in [0, 0.1) is 0 Å². The van der Waals surface area contributed by atoms with E-state index in [4.69, 9.17) is 26.6 Å². The van der Waals surface area contributed by atoms with Gasteiger partial charge in [0, 0.05) is 35.1 Å². The van der Waals surface area contributed by atoms with Crippen LogP contribution < -0.4 is 20.7 Å². The maximum Gasteiger partial charge on any atom is 0.258 e. The largest absolute Gasteiger partial charge is 0.483 e. The first-order valence-electron chi connectivity index (χ1n) is 12.1. The van der Waals surface area contributed by atoms with E-state index in [1.807, 2.05) is 0 Å². The highest BCUT2D eigenvalue weighted by Crippen LogP contribution is 2.34. The summed E-state index contributed by atoms with van der Waals surface area (Å²) in [5.74, 6) is 0.130. The Labute approximate surface area is 226 Å². The van der Waals surface area contributed by atoms with Crippen LogP contribution >= 0.6 is 11.6 Å². The lowest BCUT2D eigenvalue weighted by Crippen LogP contribution is -2.40. The number of nitrogens with zero attached hydrogens (tertiary/aromatic N) is 7. The van der Waals surface area contributed by atoms with Crippen LogP contribution in [0.15, 0.2) is 36.0 Å². The fraction of sp³-hybridized carbons (Fsp3) is 0.435. The van der Waals surface area contributed by atoms with Crippen LogP contribution in [0.2, 0.25) is 5.02 Å². The summed E-state index contributed by atoms with van der Waals surface area (Å²) in [6, 6.07) is 4.17. The van der Waals surface area contributed by atoms with Gasteiger partial charge in [-0.05, 0) is 36.6 Å². The Morgan fingerprint density at radius 1 is 1.33 bits per heavy atom. The van der Waals surface area contributed by atoms with Crippen molar-refractivity contribution < 1.29 is 24.2 Å². The van der Waals surface area contributed by atoms with Crippen LogP contribution in [0.5, 0.6) is 5.75 Å². The molecule has 2 aliphatic rings. The monoisotopic (exact) mass is 556 g/mol. The zero-order valence-corrected chi connectivity index (χ0v) is 21.4. The average Bonchev–Trinajstić information content (AvgIpc) is 3.55. The van der Waals surface area contributed by atoms with E-state index < -0.39 is 30.4 Å². The number of ether oxygens (including phenoxy) is 2. The second-order valence-corrected chi connectivity index (χ2v) is 9.47. The van der Waals surface area contributed by atoms with E-state index >= 15 is 0 Å². The van der Waals surface area contributed by atoms with Crippen molar-refractivity contribution in [3.63, 3.8) is 0 Å². The molecule has 0 bridgehead atoms. The number of likely N-dealkylation sites (N-methyl/N-ethyl adjacent to an activating group) is 1. The summed E-state index contributed by atoms with van der Waals surface area (Å²) in [5, 5.41) is 23.3. The lowest BCUT2D eigenvalue weighted by atomic mass is 10.1. The third-order valence-corrected chi connectivity index (χ3v) is 6.57. The number of anilines is 1. The number of carbonyl (C=O) groups excluding carboxylic acids is 2. The molecular weight excluding hydrogens is 532 g/mol. The molecular formula is C23H25ClN10O5. The molecule has 1 aliphatic carbocycles. The van der Waals surface area contributed by atoms with E-state index in [0.717, 1.165) is 12.8 Å². The Kier molecular flexibility index (Phi) is 7.65. The molecule has 4 atom stereocenters. The number of benzene rings is 1. The molecule has 2 fully saturated rings. The number of hydrogen-bond donors (Lipinski definition) is 4. The van der Waals surface area contributed by atoms with Gasteiger partial charge in [-0.2, -0.15) is 0 Å². The van der Waals surface area contributed by atoms with E-state index in [9.17, 15) is 14.7 Å². The van der Waals surface area contributed by atoms with Crippen molar-refractivity contribution in [3.8, 4) is 5.75 Å². The number of fused-ring (bicyclic) bond motifs is 1. The van der Waals surface area contributed by atoms with Crippen molar-refractivity contribution in [1.29, 1.82) is 0 Å². The molecule has 5 rings (SSSR count). The highest BCUT2D eigenvalue weighted by molar-refractivity contribution is 6.30. The lowest BCUT2D eigenvalue weighted by molar-refractivity contribution is -0.134. The molecule has 1 saturated heterocycles. The molecule has 1 aromatic carbocycles. The number of rotatable bonds is 10. The van der Waals surface area contributed by atoms with E-state index in [0.29, 0.717) is 33.3 Å². The summed E-state index contributed by atoms with van der Waals surface area (Å²) in [5.41, 5.74) is 10.3. The van der Waals surface area contributed by atoms with Crippen LogP contribution in [-0.2, 0) is 20.9 Å². The molecule has 16 heteroatoms. The third-order valence-electron chi connectivity index (χ3n) is 6.33. The van der Waals surface area contributed by atoms with Gasteiger partial charge in [-0.25, -0.2) is 15.0 Å². The Morgan fingerprint density at radius 3 is 2.90 bits per heavy atom. The van der Waals surface area contributed by atoms with Crippen molar-refractivity contribution in [2.24, 2.45) is 5.11 Å². The number of aromatic nitrogens is 4.